The van der Waals surface area contributed by atoms with Crippen LogP contribution in [0.5, 0.6) is 0 Å². The molecule has 0 aliphatic heterocycles. The molecule has 0 aromatic heterocycles. The second kappa shape index (κ2) is 11.4. The first kappa shape index (κ1) is 15.9. The third-order valence-corrected chi connectivity index (χ3v) is 3.10. The van der Waals surface area contributed by atoms with Crippen LogP contribution >= 0.6 is 11.6 Å². The quantitative estimate of drug-likeness (QED) is 0.403. The van der Waals surface area contributed by atoms with Crippen LogP contribution in [0, 0.1) is 0 Å². The van der Waals surface area contributed by atoms with Crippen LogP contribution in [0.25, 0.3) is 0 Å². The van der Waals surface area contributed by atoms with Gasteiger partial charge in [0.25, 0.3) is 0 Å². The Bertz CT molecular complexity index is 171. The van der Waals surface area contributed by atoms with Gasteiger partial charge in [0, 0.05) is 7.11 Å². The van der Waals surface area contributed by atoms with Gasteiger partial charge in [-0.2, -0.15) is 0 Å². The van der Waals surface area contributed by atoms with Gasteiger partial charge in [0.05, 0.1) is 0 Å². The van der Waals surface area contributed by atoms with Crippen molar-refractivity contribution in [3.05, 3.63) is 0 Å². The van der Waals surface area contributed by atoms with Crippen molar-refractivity contribution in [3.63, 3.8) is 0 Å². The molecule has 0 amide bonds. The van der Waals surface area contributed by atoms with Crippen LogP contribution in [0.3, 0.4) is 0 Å². The maximum Gasteiger partial charge on any atom is 0.250 e. The van der Waals surface area contributed by atoms with E-state index in [1.165, 1.54) is 52.1 Å². The van der Waals surface area contributed by atoms with Crippen molar-refractivity contribution in [3.8, 4) is 0 Å². The van der Waals surface area contributed by atoms with E-state index in [2.05, 4.69) is 6.92 Å². The van der Waals surface area contributed by atoms with Gasteiger partial charge in [-0.05, 0) is 18.0 Å². The molecule has 0 N–H and O–H groups in total. The summed E-state index contributed by atoms with van der Waals surface area (Å²) in [4.78, 5) is 10.9. The van der Waals surface area contributed by atoms with Crippen LogP contribution in [0.15, 0.2) is 0 Å². The normalized spacial score (nSPS) is 12.7. The average molecular weight is 249 g/mol. The lowest BCUT2D eigenvalue weighted by Crippen LogP contribution is -2.17. The van der Waals surface area contributed by atoms with Crippen molar-refractivity contribution in [1.82, 2.24) is 0 Å². The van der Waals surface area contributed by atoms with Crippen LogP contribution in [0.1, 0.15) is 64.7 Å². The highest BCUT2D eigenvalue weighted by molar-refractivity contribution is 6.64. The molecule has 1 unspecified atom stereocenters. The van der Waals surface area contributed by atoms with Crippen molar-refractivity contribution in [2.45, 2.75) is 70.8 Å². The van der Waals surface area contributed by atoms with Gasteiger partial charge in [0.2, 0.25) is 5.24 Å². The highest BCUT2D eigenvalue weighted by atomic mass is 35.5. The van der Waals surface area contributed by atoms with E-state index in [9.17, 15) is 4.79 Å². The fourth-order valence-corrected chi connectivity index (χ4v) is 1.99. The number of rotatable bonds is 11. The van der Waals surface area contributed by atoms with Crippen LogP contribution in [-0.4, -0.2) is 18.5 Å². The number of hydrogen-bond donors (Lipinski definition) is 0. The maximum atomic E-state index is 10.9. The summed E-state index contributed by atoms with van der Waals surface area (Å²) in [5, 5.41) is -0.370. The molecule has 0 radical (unpaired) electrons. The number of halogens is 1. The molecule has 0 heterocycles. The summed E-state index contributed by atoms with van der Waals surface area (Å²) < 4.78 is 4.99. The maximum absolute atomic E-state index is 10.9. The topological polar surface area (TPSA) is 26.3 Å². The first-order valence-electron chi connectivity index (χ1n) is 6.44. The van der Waals surface area contributed by atoms with E-state index in [-0.39, 0.29) is 5.24 Å². The van der Waals surface area contributed by atoms with E-state index in [4.69, 9.17) is 16.3 Å². The predicted octanol–water partition coefficient (Wildman–Crippen LogP) is 4.30. The zero-order chi connectivity index (χ0) is 12.2. The number of carbonyl (C=O) groups is 1. The lowest BCUT2D eigenvalue weighted by atomic mass is 10.1. The fourth-order valence-electron chi connectivity index (χ4n) is 1.79. The smallest absolute Gasteiger partial charge is 0.250 e. The van der Waals surface area contributed by atoms with Gasteiger partial charge in [-0.15, -0.1) is 0 Å². The van der Waals surface area contributed by atoms with Gasteiger partial charge in [0.15, 0.2) is 0 Å². The Morgan fingerprint density at radius 3 is 2.00 bits per heavy atom. The van der Waals surface area contributed by atoms with Crippen LogP contribution in [-0.2, 0) is 9.53 Å². The van der Waals surface area contributed by atoms with Gasteiger partial charge in [0.1, 0.15) is 6.10 Å². The van der Waals surface area contributed by atoms with E-state index in [0.29, 0.717) is 0 Å². The Morgan fingerprint density at radius 2 is 1.56 bits per heavy atom. The Kier molecular flexibility index (Phi) is 11.3. The molecule has 0 aliphatic carbocycles. The van der Waals surface area contributed by atoms with Gasteiger partial charge >= 0.3 is 0 Å². The van der Waals surface area contributed by atoms with Crippen molar-refractivity contribution in [2.75, 3.05) is 7.11 Å². The molecular weight excluding hydrogens is 224 g/mol. The second-order valence-electron chi connectivity index (χ2n) is 4.29. The first-order chi connectivity index (χ1) is 7.72. The third-order valence-electron chi connectivity index (χ3n) is 2.86. The van der Waals surface area contributed by atoms with Crippen LogP contribution in [0.4, 0.5) is 0 Å². The number of ether oxygens (including phenoxy) is 1. The Labute approximate surface area is 105 Å². The molecule has 0 aromatic carbocycles. The molecule has 0 saturated heterocycles. The van der Waals surface area contributed by atoms with Gasteiger partial charge in [-0.1, -0.05) is 58.3 Å². The van der Waals surface area contributed by atoms with E-state index in [1.807, 2.05) is 0 Å². The number of hydrogen-bond acceptors (Lipinski definition) is 2. The largest absolute Gasteiger partial charge is 0.372 e. The van der Waals surface area contributed by atoms with Gasteiger partial charge in [-0.3, -0.25) is 4.79 Å². The zero-order valence-electron chi connectivity index (χ0n) is 10.6. The molecule has 0 aliphatic rings. The molecule has 16 heavy (non-hydrogen) atoms. The summed E-state index contributed by atoms with van der Waals surface area (Å²) >= 11 is 5.38. The van der Waals surface area contributed by atoms with Crippen molar-refractivity contribution < 1.29 is 9.53 Å². The third kappa shape index (κ3) is 9.17. The first-order valence-corrected chi connectivity index (χ1v) is 6.82. The highest BCUT2D eigenvalue weighted by Gasteiger charge is 2.13. The minimum atomic E-state index is -0.401. The number of unbranched alkanes of at least 4 members (excludes halogenated alkanes) is 7. The Balaban J connectivity index is 3.22. The Morgan fingerprint density at radius 1 is 1.06 bits per heavy atom. The van der Waals surface area contributed by atoms with E-state index >= 15 is 0 Å². The molecule has 1 atom stereocenters. The van der Waals surface area contributed by atoms with E-state index < -0.39 is 6.10 Å². The molecule has 0 aromatic rings. The fraction of sp³-hybridized carbons (Fsp3) is 0.923. The summed E-state index contributed by atoms with van der Waals surface area (Å²) in [6, 6.07) is 0. The van der Waals surface area contributed by atoms with Gasteiger partial charge < -0.3 is 4.74 Å². The monoisotopic (exact) mass is 248 g/mol. The van der Waals surface area contributed by atoms with Gasteiger partial charge in [-0.25, -0.2) is 0 Å². The molecule has 0 fully saturated rings. The lowest BCUT2D eigenvalue weighted by molar-refractivity contribution is -0.121. The van der Waals surface area contributed by atoms with Crippen molar-refractivity contribution in [1.29, 1.82) is 0 Å². The summed E-state index contributed by atoms with van der Waals surface area (Å²) in [6.07, 6.45) is 10.5. The van der Waals surface area contributed by atoms with Crippen LogP contribution < -0.4 is 0 Å². The minimum Gasteiger partial charge on any atom is -0.372 e. The molecule has 96 valence electrons. The molecule has 0 bridgehead atoms. The summed E-state index contributed by atoms with van der Waals surface area (Å²) in [6.45, 7) is 2.23. The standard InChI is InChI=1S/C13H25ClO2/c1-3-4-5-6-7-8-9-10-11-12(16-2)13(14)15/h12H,3-11H2,1-2H3. The Hall–Kier alpha value is -0.0800. The lowest BCUT2D eigenvalue weighted by Gasteiger charge is -2.09. The predicted molar refractivity (Wildman–Crippen MR) is 68.9 cm³/mol. The molecular formula is C13H25ClO2. The number of carbonyl (C=O) groups excluding carboxylic acids is 1. The van der Waals surface area contributed by atoms with Crippen molar-refractivity contribution >= 4 is 16.8 Å². The molecule has 0 spiro atoms. The van der Waals surface area contributed by atoms with Crippen molar-refractivity contribution in [2.24, 2.45) is 0 Å². The molecule has 3 heteroatoms. The summed E-state index contributed by atoms with van der Waals surface area (Å²) in [7, 11) is 1.54. The second-order valence-corrected chi connectivity index (χ2v) is 4.66. The highest BCUT2D eigenvalue weighted by Crippen LogP contribution is 2.12. The van der Waals surface area contributed by atoms with E-state index in [0.717, 1.165) is 12.8 Å². The average Bonchev–Trinajstić information content (AvgIpc) is 2.26. The van der Waals surface area contributed by atoms with E-state index in [1.54, 1.807) is 0 Å². The minimum absolute atomic E-state index is 0.370. The SMILES string of the molecule is CCCCCCCCCCC(OC)C(=O)Cl. The van der Waals surface area contributed by atoms with Crippen LogP contribution in [0.2, 0.25) is 0 Å². The molecule has 0 saturated carbocycles. The zero-order valence-corrected chi connectivity index (χ0v) is 11.4. The molecule has 0 rings (SSSR count). The summed E-state index contributed by atoms with van der Waals surface area (Å²) in [5.41, 5.74) is 0. The number of methoxy groups -OCH3 is 1. The summed E-state index contributed by atoms with van der Waals surface area (Å²) in [5.74, 6) is 0. The molecule has 2 nitrogen and oxygen atoms in total.